The van der Waals surface area contributed by atoms with Crippen LogP contribution in [-0.4, -0.2) is 48.4 Å². The molecule has 29 heavy (non-hydrogen) atoms. The van der Waals surface area contributed by atoms with E-state index in [1.54, 1.807) is 11.8 Å². The molecular formula is C22H29N5O2. The van der Waals surface area contributed by atoms with Gasteiger partial charge in [0.15, 0.2) is 0 Å². The maximum absolute atomic E-state index is 12.9. The average molecular weight is 396 g/mol. The summed E-state index contributed by atoms with van der Waals surface area (Å²) in [6.45, 7) is 7.14. The maximum Gasteiger partial charge on any atom is 0.273 e. The van der Waals surface area contributed by atoms with Crippen LogP contribution in [0.4, 0.5) is 17.2 Å². The van der Waals surface area contributed by atoms with Crippen LogP contribution in [0.15, 0.2) is 36.4 Å². The first kappa shape index (κ1) is 20.6. The SMILES string of the molecule is CC(C)CNc1ccc2c(n1)C(=O)N([C@H](C)C(=O)Nc1cccc(N(C)C)c1)C2. The molecule has 0 radical (unpaired) electrons. The average Bonchev–Trinajstić information content (AvgIpc) is 3.02. The van der Waals surface area contributed by atoms with Crippen molar-refractivity contribution in [1.82, 2.24) is 9.88 Å². The largest absolute Gasteiger partial charge is 0.378 e. The first-order valence-corrected chi connectivity index (χ1v) is 9.89. The second-order valence-corrected chi connectivity index (χ2v) is 8.02. The van der Waals surface area contributed by atoms with Crippen molar-refractivity contribution < 1.29 is 9.59 Å². The molecule has 154 valence electrons. The molecule has 7 heteroatoms. The minimum Gasteiger partial charge on any atom is -0.378 e. The molecule has 2 N–H and O–H groups in total. The van der Waals surface area contributed by atoms with E-state index in [1.807, 2.05) is 55.4 Å². The lowest BCUT2D eigenvalue weighted by atomic mass is 10.2. The highest BCUT2D eigenvalue weighted by Gasteiger charge is 2.35. The van der Waals surface area contributed by atoms with E-state index in [9.17, 15) is 9.59 Å². The number of aromatic nitrogens is 1. The van der Waals surface area contributed by atoms with Crippen molar-refractivity contribution >= 4 is 29.0 Å². The van der Waals surface area contributed by atoms with Gasteiger partial charge < -0.3 is 20.4 Å². The number of rotatable bonds is 7. The van der Waals surface area contributed by atoms with Crippen LogP contribution in [0, 0.1) is 5.92 Å². The summed E-state index contributed by atoms with van der Waals surface area (Å²) in [5.74, 6) is 0.732. The number of nitrogens with one attached hydrogen (secondary N) is 2. The van der Waals surface area contributed by atoms with Crippen molar-refractivity contribution in [3.05, 3.63) is 47.7 Å². The Balaban J connectivity index is 1.69. The summed E-state index contributed by atoms with van der Waals surface area (Å²) < 4.78 is 0. The molecule has 1 aliphatic heterocycles. The third-order valence-corrected chi connectivity index (χ3v) is 4.95. The van der Waals surface area contributed by atoms with Gasteiger partial charge in [-0.3, -0.25) is 9.59 Å². The van der Waals surface area contributed by atoms with Crippen LogP contribution in [0.5, 0.6) is 0 Å². The van der Waals surface area contributed by atoms with Gasteiger partial charge in [-0.25, -0.2) is 4.98 Å². The van der Waals surface area contributed by atoms with Gasteiger partial charge in [-0.1, -0.05) is 26.0 Å². The maximum atomic E-state index is 12.9. The molecule has 0 unspecified atom stereocenters. The predicted octanol–water partition coefficient (Wildman–Crippen LogP) is 3.20. The van der Waals surface area contributed by atoms with Gasteiger partial charge in [-0.05, 0) is 37.1 Å². The normalized spacial score (nSPS) is 14.0. The zero-order valence-corrected chi connectivity index (χ0v) is 17.7. The van der Waals surface area contributed by atoms with Crippen molar-refractivity contribution in [3.8, 4) is 0 Å². The third kappa shape index (κ3) is 4.67. The Kier molecular flexibility index (Phi) is 6.06. The lowest BCUT2D eigenvalue weighted by Gasteiger charge is -2.23. The fourth-order valence-electron chi connectivity index (χ4n) is 3.16. The van der Waals surface area contributed by atoms with Crippen LogP contribution in [0.2, 0.25) is 0 Å². The van der Waals surface area contributed by atoms with Gasteiger partial charge in [0.25, 0.3) is 5.91 Å². The number of fused-ring (bicyclic) bond motifs is 1. The molecule has 1 atom stereocenters. The van der Waals surface area contributed by atoms with Crippen molar-refractivity contribution in [2.75, 3.05) is 36.2 Å². The van der Waals surface area contributed by atoms with Crippen molar-refractivity contribution in [2.45, 2.75) is 33.4 Å². The number of pyridine rings is 1. The highest BCUT2D eigenvalue weighted by Crippen LogP contribution is 2.25. The summed E-state index contributed by atoms with van der Waals surface area (Å²) in [7, 11) is 3.89. The van der Waals surface area contributed by atoms with Gasteiger partial charge >= 0.3 is 0 Å². The van der Waals surface area contributed by atoms with Crippen molar-refractivity contribution in [3.63, 3.8) is 0 Å². The lowest BCUT2D eigenvalue weighted by Crippen LogP contribution is -2.42. The second kappa shape index (κ2) is 8.51. The number of hydrogen-bond acceptors (Lipinski definition) is 5. The van der Waals surface area contributed by atoms with Crippen LogP contribution in [-0.2, 0) is 11.3 Å². The van der Waals surface area contributed by atoms with E-state index < -0.39 is 6.04 Å². The molecule has 0 bridgehead atoms. The van der Waals surface area contributed by atoms with Crippen LogP contribution in [0.25, 0.3) is 0 Å². The topological polar surface area (TPSA) is 77.6 Å². The monoisotopic (exact) mass is 395 g/mol. The number of carbonyl (C=O) groups is 2. The standard InChI is InChI=1S/C22H29N5O2/c1-14(2)12-23-19-10-9-16-13-27(22(29)20(16)25-19)15(3)21(28)24-17-7-6-8-18(11-17)26(4)5/h6-11,14-15H,12-13H2,1-5H3,(H,23,25)(H,24,28)/t15-/m1/s1. The van der Waals surface area contributed by atoms with E-state index in [1.165, 1.54) is 0 Å². The fourth-order valence-corrected chi connectivity index (χ4v) is 3.16. The molecule has 1 aromatic heterocycles. The highest BCUT2D eigenvalue weighted by molar-refractivity contribution is 6.02. The summed E-state index contributed by atoms with van der Waals surface area (Å²) in [4.78, 5) is 33.7. The first-order valence-electron chi connectivity index (χ1n) is 9.89. The summed E-state index contributed by atoms with van der Waals surface area (Å²) in [6, 6.07) is 10.8. The number of anilines is 3. The van der Waals surface area contributed by atoms with Gasteiger partial charge in [0.05, 0.1) is 0 Å². The summed E-state index contributed by atoms with van der Waals surface area (Å²) >= 11 is 0. The second-order valence-electron chi connectivity index (χ2n) is 8.02. The summed E-state index contributed by atoms with van der Waals surface area (Å²) in [5.41, 5.74) is 2.97. The number of benzene rings is 1. The number of amides is 2. The molecule has 2 amide bonds. The van der Waals surface area contributed by atoms with Crippen LogP contribution < -0.4 is 15.5 Å². The molecule has 3 rings (SSSR count). The molecule has 7 nitrogen and oxygen atoms in total. The van der Waals surface area contributed by atoms with Gasteiger partial charge in [-0.15, -0.1) is 0 Å². The van der Waals surface area contributed by atoms with E-state index in [0.717, 1.165) is 17.8 Å². The fraction of sp³-hybridized carbons (Fsp3) is 0.409. The molecule has 2 aromatic rings. The third-order valence-electron chi connectivity index (χ3n) is 4.95. The molecule has 1 aromatic carbocycles. The molecule has 2 heterocycles. The molecule has 0 spiro atoms. The van der Waals surface area contributed by atoms with Crippen LogP contribution in [0.1, 0.15) is 36.8 Å². The minimum atomic E-state index is -0.605. The van der Waals surface area contributed by atoms with E-state index in [2.05, 4.69) is 29.5 Å². The van der Waals surface area contributed by atoms with Crippen molar-refractivity contribution in [2.24, 2.45) is 5.92 Å². The predicted molar refractivity (Wildman–Crippen MR) is 116 cm³/mol. The summed E-state index contributed by atoms with van der Waals surface area (Å²) in [6.07, 6.45) is 0. The Morgan fingerprint density at radius 1 is 1.21 bits per heavy atom. The van der Waals surface area contributed by atoms with E-state index in [4.69, 9.17) is 0 Å². The molecule has 1 aliphatic rings. The van der Waals surface area contributed by atoms with Crippen LogP contribution in [0.3, 0.4) is 0 Å². The molecule has 0 aliphatic carbocycles. The van der Waals surface area contributed by atoms with E-state index >= 15 is 0 Å². The molecule has 0 saturated heterocycles. The number of hydrogen-bond donors (Lipinski definition) is 2. The van der Waals surface area contributed by atoms with Crippen LogP contribution >= 0.6 is 0 Å². The Hall–Kier alpha value is -3.09. The summed E-state index contributed by atoms with van der Waals surface area (Å²) in [5, 5.41) is 6.16. The molecule has 0 saturated carbocycles. The Bertz CT molecular complexity index is 910. The Labute approximate surface area is 172 Å². The quantitative estimate of drug-likeness (QED) is 0.753. The van der Waals surface area contributed by atoms with E-state index in [-0.39, 0.29) is 11.8 Å². The Morgan fingerprint density at radius 2 is 1.97 bits per heavy atom. The van der Waals surface area contributed by atoms with Gasteiger partial charge in [0.2, 0.25) is 5.91 Å². The zero-order valence-electron chi connectivity index (χ0n) is 17.7. The molecular weight excluding hydrogens is 366 g/mol. The van der Waals surface area contributed by atoms with Gasteiger partial charge in [0.1, 0.15) is 17.6 Å². The van der Waals surface area contributed by atoms with E-state index in [0.29, 0.717) is 29.7 Å². The number of carbonyl (C=O) groups excluding carboxylic acids is 2. The van der Waals surface area contributed by atoms with Crippen molar-refractivity contribution in [1.29, 1.82) is 0 Å². The number of nitrogens with zero attached hydrogens (tertiary/aromatic N) is 3. The lowest BCUT2D eigenvalue weighted by molar-refractivity contribution is -0.120. The highest BCUT2D eigenvalue weighted by atomic mass is 16.2. The minimum absolute atomic E-state index is 0.210. The van der Waals surface area contributed by atoms with Gasteiger partial charge in [0, 0.05) is 44.1 Å². The first-order chi connectivity index (χ1) is 13.8. The molecule has 0 fully saturated rings. The zero-order chi connectivity index (χ0) is 21.1. The van der Waals surface area contributed by atoms with Gasteiger partial charge in [-0.2, -0.15) is 0 Å². The smallest absolute Gasteiger partial charge is 0.273 e. The Morgan fingerprint density at radius 3 is 2.66 bits per heavy atom.